The van der Waals surface area contributed by atoms with Crippen molar-refractivity contribution in [3.8, 4) is 5.75 Å². The smallest absolute Gasteiger partial charge is 0.317 e. The van der Waals surface area contributed by atoms with Crippen LogP contribution >= 0.6 is 0 Å². The van der Waals surface area contributed by atoms with Crippen LogP contribution in [0.3, 0.4) is 0 Å². The number of likely N-dealkylation sites (tertiary alicyclic amines) is 1. The van der Waals surface area contributed by atoms with E-state index in [4.69, 9.17) is 4.74 Å². The molecule has 1 atom stereocenters. The van der Waals surface area contributed by atoms with Gasteiger partial charge in [-0.3, -0.25) is 0 Å². The van der Waals surface area contributed by atoms with Crippen molar-refractivity contribution in [3.63, 3.8) is 0 Å². The summed E-state index contributed by atoms with van der Waals surface area (Å²) in [4.78, 5) is 13.9. The zero-order valence-electron chi connectivity index (χ0n) is 13.7. The monoisotopic (exact) mass is 324 g/mol. The van der Waals surface area contributed by atoms with Crippen LogP contribution in [0.5, 0.6) is 5.75 Å². The van der Waals surface area contributed by atoms with Crippen molar-refractivity contribution in [1.82, 2.24) is 10.2 Å². The number of ether oxygens (including phenoxy) is 1. The minimum atomic E-state index is -0.427. The molecule has 0 saturated carbocycles. The molecule has 0 bridgehead atoms. The van der Waals surface area contributed by atoms with E-state index in [1.165, 1.54) is 6.07 Å². The number of nitrogens with zero attached hydrogens (tertiary/aromatic N) is 1. The van der Waals surface area contributed by atoms with Gasteiger partial charge in [0.2, 0.25) is 0 Å². The number of urea groups is 1. The number of carbonyl (C=O) groups excluding carboxylic acids is 1. The molecule has 23 heavy (non-hydrogen) atoms. The Hall–Kier alpha value is -1.82. The van der Waals surface area contributed by atoms with Crippen molar-refractivity contribution < 1.29 is 19.0 Å². The van der Waals surface area contributed by atoms with Gasteiger partial charge in [-0.25, -0.2) is 9.18 Å². The SMILES string of the molecule is CC(C)Oc1ccc(CNC(=O)N2CCC[C@H](CO)C2)cc1F. The summed E-state index contributed by atoms with van der Waals surface area (Å²) in [5.41, 5.74) is 0.683. The second-order valence-corrected chi connectivity index (χ2v) is 6.23. The number of halogens is 1. The maximum atomic E-state index is 13.9. The molecule has 2 amide bonds. The highest BCUT2D eigenvalue weighted by Gasteiger charge is 2.22. The highest BCUT2D eigenvalue weighted by Crippen LogP contribution is 2.20. The zero-order valence-corrected chi connectivity index (χ0v) is 13.7. The van der Waals surface area contributed by atoms with E-state index in [9.17, 15) is 14.3 Å². The van der Waals surface area contributed by atoms with Gasteiger partial charge in [-0.05, 0) is 50.3 Å². The summed E-state index contributed by atoms with van der Waals surface area (Å²) >= 11 is 0. The quantitative estimate of drug-likeness (QED) is 0.875. The van der Waals surface area contributed by atoms with Crippen LogP contribution in [0.4, 0.5) is 9.18 Å². The second kappa shape index (κ2) is 8.15. The molecule has 1 aromatic carbocycles. The molecule has 0 aliphatic carbocycles. The molecule has 1 heterocycles. The zero-order chi connectivity index (χ0) is 16.8. The molecular weight excluding hydrogens is 299 g/mol. The van der Waals surface area contributed by atoms with Gasteiger partial charge in [0.15, 0.2) is 11.6 Å². The lowest BCUT2D eigenvalue weighted by molar-refractivity contribution is 0.129. The van der Waals surface area contributed by atoms with Gasteiger partial charge < -0.3 is 20.1 Å². The summed E-state index contributed by atoms with van der Waals surface area (Å²) in [5.74, 6) is -0.0555. The summed E-state index contributed by atoms with van der Waals surface area (Å²) in [5, 5.41) is 12.0. The summed E-state index contributed by atoms with van der Waals surface area (Å²) in [6.07, 6.45) is 1.76. The lowest BCUT2D eigenvalue weighted by Gasteiger charge is -2.31. The third-order valence-corrected chi connectivity index (χ3v) is 3.87. The van der Waals surface area contributed by atoms with E-state index < -0.39 is 5.82 Å². The van der Waals surface area contributed by atoms with E-state index >= 15 is 0 Å². The summed E-state index contributed by atoms with van der Waals surface area (Å²) in [7, 11) is 0. The fourth-order valence-corrected chi connectivity index (χ4v) is 2.69. The molecule has 1 aliphatic heterocycles. The molecule has 5 nitrogen and oxygen atoms in total. The van der Waals surface area contributed by atoms with Gasteiger partial charge in [0, 0.05) is 26.2 Å². The molecule has 1 saturated heterocycles. The number of benzene rings is 1. The van der Waals surface area contributed by atoms with Gasteiger partial charge in [-0.1, -0.05) is 6.07 Å². The standard InChI is InChI=1S/C17H25FN2O3/c1-12(2)23-16-6-5-13(8-15(16)18)9-19-17(22)20-7-3-4-14(10-20)11-21/h5-6,8,12,14,21H,3-4,7,9-11H2,1-2H3,(H,19,22)/t14-/m0/s1. The van der Waals surface area contributed by atoms with E-state index in [0.29, 0.717) is 18.7 Å². The number of rotatable bonds is 5. The molecule has 2 N–H and O–H groups in total. The number of aliphatic hydroxyl groups is 1. The van der Waals surface area contributed by atoms with Gasteiger partial charge in [0.05, 0.1) is 6.10 Å². The van der Waals surface area contributed by atoms with Gasteiger partial charge >= 0.3 is 6.03 Å². The normalized spacial score (nSPS) is 18.1. The Morgan fingerprint density at radius 3 is 2.96 bits per heavy atom. The number of amides is 2. The highest BCUT2D eigenvalue weighted by atomic mass is 19.1. The minimum absolute atomic E-state index is 0.0892. The molecule has 1 fully saturated rings. The van der Waals surface area contributed by atoms with Crippen LogP contribution in [0.15, 0.2) is 18.2 Å². The first-order chi connectivity index (χ1) is 11.0. The molecule has 1 aromatic rings. The Morgan fingerprint density at radius 1 is 1.52 bits per heavy atom. The Morgan fingerprint density at radius 2 is 2.30 bits per heavy atom. The summed E-state index contributed by atoms with van der Waals surface area (Å²) < 4.78 is 19.3. The average Bonchev–Trinajstić information content (AvgIpc) is 2.54. The molecular formula is C17H25FN2O3. The van der Waals surface area contributed by atoms with E-state index in [2.05, 4.69) is 5.32 Å². The van der Waals surface area contributed by atoms with Crippen LogP contribution in [-0.4, -0.2) is 41.8 Å². The maximum absolute atomic E-state index is 13.9. The van der Waals surface area contributed by atoms with Crippen molar-refractivity contribution in [2.75, 3.05) is 19.7 Å². The highest BCUT2D eigenvalue weighted by molar-refractivity contribution is 5.74. The molecule has 128 valence electrons. The van der Waals surface area contributed by atoms with Gasteiger partial charge in [0.1, 0.15) is 0 Å². The molecule has 2 rings (SSSR count). The van der Waals surface area contributed by atoms with E-state index in [0.717, 1.165) is 12.8 Å². The van der Waals surface area contributed by atoms with E-state index in [-0.39, 0.29) is 37.0 Å². The number of hydrogen-bond donors (Lipinski definition) is 2. The van der Waals surface area contributed by atoms with E-state index in [1.807, 2.05) is 13.8 Å². The summed E-state index contributed by atoms with van der Waals surface area (Å²) in [6.45, 7) is 5.30. The van der Waals surface area contributed by atoms with Crippen LogP contribution < -0.4 is 10.1 Å². The van der Waals surface area contributed by atoms with Crippen LogP contribution in [0.1, 0.15) is 32.3 Å². The average molecular weight is 324 g/mol. The summed E-state index contributed by atoms with van der Waals surface area (Å²) in [6, 6.07) is 4.53. The third-order valence-electron chi connectivity index (χ3n) is 3.87. The van der Waals surface area contributed by atoms with Gasteiger partial charge in [0.25, 0.3) is 0 Å². The van der Waals surface area contributed by atoms with Crippen molar-refractivity contribution in [1.29, 1.82) is 0 Å². The van der Waals surface area contributed by atoms with E-state index in [1.54, 1.807) is 17.0 Å². The number of aliphatic hydroxyl groups excluding tert-OH is 1. The maximum Gasteiger partial charge on any atom is 0.317 e. The fourth-order valence-electron chi connectivity index (χ4n) is 2.69. The van der Waals surface area contributed by atoms with Crippen LogP contribution in [0.25, 0.3) is 0 Å². The predicted molar refractivity (Wildman–Crippen MR) is 85.8 cm³/mol. The topological polar surface area (TPSA) is 61.8 Å². The number of piperidine rings is 1. The van der Waals surface area contributed by atoms with Crippen molar-refractivity contribution >= 4 is 6.03 Å². The van der Waals surface area contributed by atoms with Crippen molar-refractivity contribution in [2.24, 2.45) is 5.92 Å². The largest absolute Gasteiger partial charge is 0.488 e. The first-order valence-electron chi connectivity index (χ1n) is 8.08. The van der Waals surface area contributed by atoms with Gasteiger partial charge in [-0.2, -0.15) is 0 Å². The Bertz CT molecular complexity index is 537. The molecule has 0 aromatic heterocycles. The lowest BCUT2D eigenvalue weighted by atomic mass is 9.99. The third kappa shape index (κ3) is 5.10. The molecule has 6 heteroatoms. The first-order valence-corrected chi connectivity index (χ1v) is 8.08. The molecule has 0 spiro atoms. The van der Waals surface area contributed by atoms with Crippen LogP contribution in [0.2, 0.25) is 0 Å². The van der Waals surface area contributed by atoms with Crippen molar-refractivity contribution in [2.45, 2.75) is 39.3 Å². The van der Waals surface area contributed by atoms with Crippen molar-refractivity contribution in [3.05, 3.63) is 29.6 Å². The molecule has 0 unspecified atom stereocenters. The Labute approximate surface area is 136 Å². The first kappa shape index (κ1) is 17.5. The number of hydrogen-bond acceptors (Lipinski definition) is 3. The number of carbonyl (C=O) groups is 1. The second-order valence-electron chi connectivity index (χ2n) is 6.23. The van der Waals surface area contributed by atoms with Crippen LogP contribution in [0, 0.1) is 11.7 Å². The number of nitrogens with one attached hydrogen (secondary N) is 1. The van der Waals surface area contributed by atoms with Gasteiger partial charge in [-0.15, -0.1) is 0 Å². The Kier molecular flexibility index (Phi) is 6.21. The van der Waals surface area contributed by atoms with Crippen LogP contribution in [-0.2, 0) is 6.54 Å². The molecule has 1 aliphatic rings. The lowest BCUT2D eigenvalue weighted by Crippen LogP contribution is -2.45. The molecule has 0 radical (unpaired) electrons. The minimum Gasteiger partial charge on any atom is -0.488 e. The fraction of sp³-hybridized carbons (Fsp3) is 0.588. The predicted octanol–water partition coefficient (Wildman–Crippen LogP) is 2.53. The Balaban J connectivity index is 1.87.